The van der Waals surface area contributed by atoms with Crippen LogP contribution in [0.15, 0.2) is 54.7 Å². The lowest BCUT2D eigenvalue weighted by atomic mass is 10.1. The Hall–Kier alpha value is -3.21. The lowest BCUT2D eigenvalue weighted by Crippen LogP contribution is -2.31. The van der Waals surface area contributed by atoms with Gasteiger partial charge in [-0.2, -0.15) is 0 Å². The fourth-order valence-electron chi connectivity index (χ4n) is 2.92. The molecule has 0 spiro atoms. The fraction of sp³-hybridized carbons (Fsp3) is 0.227. The van der Waals surface area contributed by atoms with E-state index in [4.69, 9.17) is 0 Å². The van der Waals surface area contributed by atoms with Crippen LogP contribution in [0.25, 0.3) is 0 Å². The van der Waals surface area contributed by atoms with E-state index in [1.807, 2.05) is 57.2 Å². The fourth-order valence-corrected chi connectivity index (χ4v) is 2.92. The number of hydrogen-bond acceptors (Lipinski definition) is 4. The van der Waals surface area contributed by atoms with E-state index in [2.05, 4.69) is 28.3 Å². The zero-order valence-corrected chi connectivity index (χ0v) is 16.2. The Bertz CT molecular complexity index is 968. The van der Waals surface area contributed by atoms with Crippen molar-refractivity contribution in [3.63, 3.8) is 0 Å². The molecule has 5 heteroatoms. The largest absolute Gasteiger partial charge is 0.324 e. The molecule has 0 atom stereocenters. The Kier molecular flexibility index (Phi) is 5.50. The van der Waals surface area contributed by atoms with E-state index in [1.165, 1.54) is 5.56 Å². The second kappa shape index (κ2) is 7.99. The highest BCUT2D eigenvalue weighted by molar-refractivity contribution is 6.04. The monoisotopic (exact) mass is 360 g/mol. The molecule has 3 rings (SSSR count). The predicted molar refractivity (Wildman–Crippen MR) is 110 cm³/mol. The molecule has 138 valence electrons. The Morgan fingerprint density at radius 3 is 2.59 bits per heavy atom. The number of rotatable bonds is 5. The first-order valence-electron chi connectivity index (χ1n) is 9.04. The highest BCUT2D eigenvalue weighted by atomic mass is 16.2. The molecule has 2 aromatic carbocycles. The van der Waals surface area contributed by atoms with E-state index in [0.29, 0.717) is 18.2 Å². The Morgan fingerprint density at radius 1 is 1.07 bits per heavy atom. The summed E-state index contributed by atoms with van der Waals surface area (Å²) in [6.07, 6.45) is 1.61. The summed E-state index contributed by atoms with van der Waals surface area (Å²) in [4.78, 5) is 23.4. The molecule has 1 heterocycles. The van der Waals surface area contributed by atoms with Crippen molar-refractivity contribution >= 4 is 23.2 Å². The summed E-state index contributed by atoms with van der Waals surface area (Å²) < 4.78 is 0. The van der Waals surface area contributed by atoms with Gasteiger partial charge in [0.25, 0.3) is 5.91 Å². The second-order valence-corrected chi connectivity index (χ2v) is 6.53. The Labute approximate surface area is 160 Å². The standard InChI is InChI=1S/C22H24N4O/c1-5-26(18-10-6-8-15(2)14-18)21(27)20-12-13-23-22(25-20)24-19-11-7-9-16(3)17(19)4/h6-14H,5H2,1-4H3,(H,23,24,25). The van der Waals surface area contributed by atoms with Gasteiger partial charge in [0.05, 0.1) is 0 Å². The first-order chi connectivity index (χ1) is 13.0. The lowest BCUT2D eigenvalue weighted by Gasteiger charge is -2.21. The Morgan fingerprint density at radius 2 is 1.85 bits per heavy atom. The maximum atomic E-state index is 13.0. The van der Waals surface area contributed by atoms with E-state index >= 15 is 0 Å². The number of nitrogens with zero attached hydrogens (tertiary/aromatic N) is 3. The summed E-state index contributed by atoms with van der Waals surface area (Å²) in [6.45, 7) is 8.63. The molecular formula is C22H24N4O. The van der Waals surface area contributed by atoms with Crippen molar-refractivity contribution in [3.05, 3.63) is 77.1 Å². The van der Waals surface area contributed by atoms with Crippen LogP contribution >= 0.6 is 0 Å². The molecule has 3 aromatic rings. The van der Waals surface area contributed by atoms with Crippen molar-refractivity contribution in [2.45, 2.75) is 27.7 Å². The second-order valence-electron chi connectivity index (χ2n) is 6.53. The zero-order valence-electron chi connectivity index (χ0n) is 16.2. The average Bonchev–Trinajstić information content (AvgIpc) is 2.66. The molecule has 0 aliphatic carbocycles. The van der Waals surface area contributed by atoms with Gasteiger partial charge in [-0.25, -0.2) is 9.97 Å². The molecule has 0 radical (unpaired) electrons. The number of aryl methyl sites for hydroxylation is 2. The van der Waals surface area contributed by atoms with Crippen molar-refractivity contribution < 1.29 is 4.79 Å². The molecule has 5 nitrogen and oxygen atoms in total. The number of carbonyl (C=O) groups is 1. The summed E-state index contributed by atoms with van der Waals surface area (Å²) in [5.74, 6) is 0.268. The summed E-state index contributed by atoms with van der Waals surface area (Å²) in [6, 6.07) is 15.6. The molecule has 0 saturated heterocycles. The number of aromatic nitrogens is 2. The van der Waals surface area contributed by atoms with Crippen LogP contribution in [-0.4, -0.2) is 22.4 Å². The van der Waals surface area contributed by atoms with Crippen molar-refractivity contribution in [2.75, 3.05) is 16.8 Å². The van der Waals surface area contributed by atoms with E-state index in [9.17, 15) is 4.79 Å². The quantitative estimate of drug-likeness (QED) is 0.709. The third-order valence-corrected chi connectivity index (χ3v) is 4.60. The van der Waals surface area contributed by atoms with E-state index < -0.39 is 0 Å². The van der Waals surface area contributed by atoms with Crippen LogP contribution in [0.4, 0.5) is 17.3 Å². The van der Waals surface area contributed by atoms with Crippen LogP contribution in [-0.2, 0) is 0 Å². The van der Waals surface area contributed by atoms with E-state index in [1.54, 1.807) is 17.2 Å². The van der Waals surface area contributed by atoms with Crippen molar-refractivity contribution in [1.29, 1.82) is 0 Å². The predicted octanol–water partition coefficient (Wildman–Crippen LogP) is 4.81. The molecule has 1 amide bonds. The number of carbonyl (C=O) groups excluding carboxylic acids is 1. The summed E-state index contributed by atoms with van der Waals surface area (Å²) in [5.41, 5.74) is 5.59. The number of hydrogen-bond donors (Lipinski definition) is 1. The van der Waals surface area contributed by atoms with Gasteiger partial charge in [-0.1, -0.05) is 24.3 Å². The molecule has 0 saturated carbocycles. The number of anilines is 3. The molecule has 0 bridgehead atoms. The van der Waals surface area contributed by atoms with Gasteiger partial charge in [0.2, 0.25) is 5.95 Å². The molecule has 0 aliphatic heterocycles. The maximum Gasteiger partial charge on any atom is 0.277 e. The highest BCUT2D eigenvalue weighted by Crippen LogP contribution is 2.22. The van der Waals surface area contributed by atoms with Gasteiger partial charge in [0.1, 0.15) is 5.69 Å². The highest BCUT2D eigenvalue weighted by Gasteiger charge is 2.18. The zero-order chi connectivity index (χ0) is 19.4. The summed E-state index contributed by atoms with van der Waals surface area (Å²) >= 11 is 0. The van der Waals surface area contributed by atoms with E-state index in [0.717, 1.165) is 22.5 Å². The smallest absolute Gasteiger partial charge is 0.277 e. The lowest BCUT2D eigenvalue weighted by molar-refractivity contribution is 0.0983. The number of amides is 1. The van der Waals surface area contributed by atoms with Crippen molar-refractivity contribution in [1.82, 2.24) is 9.97 Å². The van der Waals surface area contributed by atoms with Gasteiger partial charge in [-0.05, 0) is 68.7 Å². The van der Waals surface area contributed by atoms with Crippen LogP contribution < -0.4 is 10.2 Å². The van der Waals surface area contributed by atoms with Crippen molar-refractivity contribution in [2.24, 2.45) is 0 Å². The summed E-state index contributed by atoms with van der Waals surface area (Å²) in [7, 11) is 0. The minimum Gasteiger partial charge on any atom is -0.324 e. The maximum absolute atomic E-state index is 13.0. The van der Waals surface area contributed by atoms with Crippen LogP contribution in [0, 0.1) is 20.8 Å². The van der Waals surface area contributed by atoms with Gasteiger partial charge in [0, 0.05) is 24.1 Å². The van der Waals surface area contributed by atoms with E-state index in [-0.39, 0.29) is 5.91 Å². The molecule has 1 aromatic heterocycles. The minimum atomic E-state index is -0.144. The molecule has 27 heavy (non-hydrogen) atoms. The van der Waals surface area contributed by atoms with Crippen LogP contribution in [0.3, 0.4) is 0 Å². The first kappa shape index (κ1) is 18.6. The van der Waals surface area contributed by atoms with Gasteiger partial charge >= 0.3 is 0 Å². The van der Waals surface area contributed by atoms with Crippen molar-refractivity contribution in [3.8, 4) is 0 Å². The van der Waals surface area contributed by atoms with Crippen LogP contribution in [0.5, 0.6) is 0 Å². The Balaban J connectivity index is 1.88. The number of benzene rings is 2. The topological polar surface area (TPSA) is 58.1 Å². The van der Waals surface area contributed by atoms with Gasteiger partial charge < -0.3 is 10.2 Å². The molecular weight excluding hydrogens is 336 g/mol. The van der Waals surface area contributed by atoms with Crippen LogP contribution in [0.1, 0.15) is 34.1 Å². The van der Waals surface area contributed by atoms with Gasteiger partial charge in [0.15, 0.2) is 0 Å². The number of nitrogens with one attached hydrogen (secondary N) is 1. The SMILES string of the molecule is CCN(C(=O)c1ccnc(Nc2cccc(C)c2C)n1)c1cccc(C)c1. The third-order valence-electron chi connectivity index (χ3n) is 4.60. The normalized spacial score (nSPS) is 10.5. The van der Waals surface area contributed by atoms with Crippen LogP contribution in [0.2, 0.25) is 0 Å². The van der Waals surface area contributed by atoms with Gasteiger partial charge in [-0.3, -0.25) is 4.79 Å². The third kappa shape index (κ3) is 4.14. The van der Waals surface area contributed by atoms with Gasteiger partial charge in [-0.15, -0.1) is 0 Å². The first-order valence-corrected chi connectivity index (χ1v) is 9.04. The molecule has 0 unspecified atom stereocenters. The molecule has 0 aliphatic rings. The molecule has 1 N–H and O–H groups in total. The minimum absolute atomic E-state index is 0.144. The average molecular weight is 360 g/mol. The molecule has 0 fully saturated rings. The summed E-state index contributed by atoms with van der Waals surface area (Å²) in [5, 5.41) is 3.22.